The van der Waals surface area contributed by atoms with Crippen LogP contribution in [-0.4, -0.2) is 18.0 Å². The molecule has 0 unspecified atom stereocenters. The summed E-state index contributed by atoms with van der Waals surface area (Å²) in [5.74, 6) is -0.440. The van der Waals surface area contributed by atoms with Crippen LogP contribution in [0.3, 0.4) is 0 Å². The van der Waals surface area contributed by atoms with Gasteiger partial charge in [-0.2, -0.15) is 10.2 Å². The number of nitro benzene ring substituents is 1. The van der Waals surface area contributed by atoms with Gasteiger partial charge in [-0.25, -0.2) is 4.79 Å². The zero-order valence-corrected chi connectivity index (χ0v) is 12.0. The van der Waals surface area contributed by atoms with Crippen LogP contribution in [0.25, 0.3) is 0 Å². The second-order valence-corrected chi connectivity index (χ2v) is 4.46. The highest BCUT2D eigenvalue weighted by molar-refractivity contribution is 5.91. The van der Waals surface area contributed by atoms with Gasteiger partial charge in [-0.3, -0.25) is 10.1 Å². The Kier molecular flexibility index (Phi) is 4.57. The Morgan fingerprint density at radius 2 is 1.68 bits per heavy atom. The van der Waals surface area contributed by atoms with Crippen molar-refractivity contribution in [1.29, 1.82) is 0 Å². The number of carbonyl (C=O) groups is 1. The maximum Gasteiger partial charge on any atom is 0.338 e. The van der Waals surface area contributed by atoms with E-state index in [0.29, 0.717) is 16.9 Å². The average molecular weight is 299 g/mol. The summed E-state index contributed by atoms with van der Waals surface area (Å²) < 4.78 is 4.70. The van der Waals surface area contributed by atoms with Crippen LogP contribution in [0.2, 0.25) is 0 Å². The Morgan fingerprint density at radius 1 is 1.09 bits per heavy atom. The third kappa shape index (κ3) is 3.51. The van der Waals surface area contributed by atoms with E-state index in [1.54, 1.807) is 25.1 Å². The first-order chi connectivity index (χ1) is 10.5. The number of nitrogens with zero attached hydrogens (tertiary/aromatic N) is 3. The van der Waals surface area contributed by atoms with E-state index in [4.69, 9.17) is 4.74 Å². The Balaban J connectivity index is 2.23. The van der Waals surface area contributed by atoms with Gasteiger partial charge in [0.05, 0.1) is 29.0 Å². The van der Waals surface area contributed by atoms with E-state index in [9.17, 15) is 14.9 Å². The normalized spacial score (nSPS) is 10.6. The monoisotopic (exact) mass is 299 g/mol. The minimum Gasteiger partial charge on any atom is -0.465 e. The van der Waals surface area contributed by atoms with E-state index in [0.717, 1.165) is 5.56 Å². The van der Waals surface area contributed by atoms with Crippen molar-refractivity contribution in [3.63, 3.8) is 0 Å². The van der Waals surface area contributed by atoms with Crippen LogP contribution < -0.4 is 0 Å². The summed E-state index contributed by atoms with van der Waals surface area (Å²) >= 11 is 0. The lowest BCUT2D eigenvalue weighted by molar-refractivity contribution is -0.384. The van der Waals surface area contributed by atoms with Crippen molar-refractivity contribution < 1.29 is 14.5 Å². The fraction of sp³-hybridized carbons (Fsp3) is 0.133. The number of hydrogen-bond donors (Lipinski definition) is 0. The Hall–Kier alpha value is -3.09. The van der Waals surface area contributed by atoms with Crippen LogP contribution in [0.4, 0.5) is 17.1 Å². The van der Waals surface area contributed by atoms with Gasteiger partial charge in [0.1, 0.15) is 0 Å². The molecule has 0 saturated carbocycles. The summed E-state index contributed by atoms with van der Waals surface area (Å²) in [5, 5.41) is 18.6. The summed E-state index contributed by atoms with van der Waals surface area (Å²) in [4.78, 5) is 21.7. The summed E-state index contributed by atoms with van der Waals surface area (Å²) in [6, 6.07) is 10.7. The molecule has 2 aromatic rings. The Bertz CT molecular complexity index is 739. The van der Waals surface area contributed by atoms with Crippen molar-refractivity contribution in [2.45, 2.75) is 6.92 Å². The third-order valence-electron chi connectivity index (χ3n) is 2.97. The van der Waals surface area contributed by atoms with Crippen LogP contribution in [0.15, 0.2) is 52.7 Å². The van der Waals surface area contributed by atoms with Crippen molar-refractivity contribution in [3.05, 3.63) is 63.7 Å². The highest BCUT2D eigenvalue weighted by atomic mass is 16.6. The minimum atomic E-state index is -0.483. The molecule has 0 spiro atoms. The molecule has 0 aliphatic carbocycles. The summed E-state index contributed by atoms with van der Waals surface area (Å²) in [7, 11) is 1.31. The topological polar surface area (TPSA) is 94.2 Å². The largest absolute Gasteiger partial charge is 0.465 e. The molecule has 0 atom stereocenters. The molecule has 0 fully saturated rings. The molecule has 2 rings (SSSR count). The summed E-state index contributed by atoms with van der Waals surface area (Å²) in [6.07, 6.45) is 0. The van der Waals surface area contributed by atoms with Crippen molar-refractivity contribution in [2.24, 2.45) is 10.2 Å². The van der Waals surface area contributed by atoms with Gasteiger partial charge in [-0.05, 0) is 36.8 Å². The standard InChI is InChI=1S/C15H13N3O4/c1-10-3-4-12(9-14(10)15(19)22-2)17-16-11-5-7-13(8-6-11)18(20)21/h3-9H,1-2H3. The average Bonchev–Trinajstić information content (AvgIpc) is 2.53. The quantitative estimate of drug-likeness (QED) is 0.367. The van der Waals surface area contributed by atoms with E-state index in [2.05, 4.69) is 10.2 Å². The number of aryl methyl sites for hydroxylation is 1. The van der Waals surface area contributed by atoms with Crippen LogP contribution in [0, 0.1) is 17.0 Å². The number of nitro groups is 1. The van der Waals surface area contributed by atoms with Crippen molar-refractivity contribution >= 4 is 23.0 Å². The van der Waals surface area contributed by atoms with Crippen LogP contribution in [0.1, 0.15) is 15.9 Å². The van der Waals surface area contributed by atoms with Gasteiger partial charge in [0, 0.05) is 12.1 Å². The smallest absolute Gasteiger partial charge is 0.338 e. The number of rotatable bonds is 4. The van der Waals surface area contributed by atoms with Crippen molar-refractivity contribution in [2.75, 3.05) is 7.11 Å². The molecular weight excluding hydrogens is 286 g/mol. The predicted octanol–water partition coefficient (Wildman–Crippen LogP) is 4.11. The first-order valence-corrected chi connectivity index (χ1v) is 6.36. The first kappa shape index (κ1) is 15.3. The first-order valence-electron chi connectivity index (χ1n) is 6.36. The molecular formula is C15H13N3O4. The number of ether oxygens (including phenoxy) is 1. The second-order valence-electron chi connectivity index (χ2n) is 4.46. The van der Waals surface area contributed by atoms with Crippen LogP contribution in [0.5, 0.6) is 0 Å². The highest BCUT2D eigenvalue weighted by Gasteiger charge is 2.09. The molecule has 0 aromatic heterocycles. The van der Waals surface area contributed by atoms with Crippen LogP contribution in [-0.2, 0) is 4.74 Å². The number of methoxy groups -OCH3 is 1. The molecule has 0 N–H and O–H groups in total. The molecule has 2 aromatic carbocycles. The molecule has 0 aliphatic heterocycles. The highest BCUT2D eigenvalue weighted by Crippen LogP contribution is 2.23. The fourth-order valence-electron chi connectivity index (χ4n) is 1.76. The third-order valence-corrected chi connectivity index (χ3v) is 2.97. The van der Waals surface area contributed by atoms with Gasteiger partial charge in [-0.15, -0.1) is 0 Å². The molecule has 0 heterocycles. The van der Waals surface area contributed by atoms with E-state index >= 15 is 0 Å². The van der Waals surface area contributed by atoms with E-state index < -0.39 is 10.9 Å². The molecule has 22 heavy (non-hydrogen) atoms. The Morgan fingerprint density at radius 3 is 2.27 bits per heavy atom. The van der Waals surface area contributed by atoms with Crippen molar-refractivity contribution in [1.82, 2.24) is 0 Å². The SMILES string of the molecule is COC(=O)c1cc(N=Nc2ccc([N+](=O)[O-])cc2)ccc1C. The summed E-state index contributed by atoms with van der Waals surface area (Å²) in [5.41, 5.74) is 2.15. The van der Waals surface area contributed by atoms with Gasteiger partial charge in [-0.1, -0.05) is 6.07 Å². The van der Waals surface area contributed by atoms with Gasteiger partial charge in [0.15, 0.2) is 0 Å². The van der Waals surface area contributed by atoms with Crippen molar-refractivity contribution in [3.8, 4) is 0 Å². The van der Waals surface area contributed by atoms with E-state index in [1.807, 2.05) is 0 Å². The van der Waals surface area contributed by atoms with E-state index in [-0.39, 0.29) is 5.69 Å². The zero-order chi connectivity index (χ0) is 16.1. The fourth-order valence-corrected chi connectivity index (χ4v) is 1.76. The number of azo groups is 1. The molecule has 0 radical (unpaired) electrons. The maximum absolute atomic E-state index is 11.6. The molecule has 7 nitrogen and oxygen atoms in total. The molecule has 0 bridgehead atoms. The van der Waals surface area contributed by atoms with E-state index in [1.165, 1.54) is 31.4 Å². The number of hydrogen-bond acceptors (Lipinski definition) is 6. The maximum atomic E-state index is 11.6. The lowest BCUT2D eigenvalue weighted by Gasteiger charge is -2.03. The number of esters is 1. The van der Waals surface area contributed by atoms with Gasteiger partial charge in [0.2, 0.25) is 0 Å². The zero-order valence-electron chi connectivity index (χ0n) is 12.0. The number of benzene rings is 2. The number of non-ortho nitro benzene ring substituents is 1. The van der Waals surface area contributed by atoms with Gasteiger partial charge in [0.25, 0.3) is 5.69 Å². The molecule has 112 valence electrons. The van der Waals surface area contributed by atoms with Gasteiger partial charge < -0.3 is 4.74 Å². The lowest BCUT2D eigenvalue weighted by atomic mass is 10.1. The Labute approximate surface area is 126 Å². The summed E-state index contributed by atoms with van der Waals surface area (Å²) in [6.45, 7) is 1.80. The minimum absolute atomic E-state index is 0.0118. The molecule has 0 aliphatic rings. The predicted molar refractivity (Wildman–Crippen MR) is 79.8 cm³/mol. The van der Waals surface area contributed by atoms with Gasteiger partial charge >= 0.3 is 5.97 Å². The molecule has 0 amide bonds. The molecule has 0 saturated heterocycles. The molecule has 7 heteroatoms. The lowest BCUT2D eigenvalue weighted by Crippen LogP contribution is -2.03. The van der Waals surface area contributed by atoms with Crippen LogP contribution >= 0.6 is 0 Å². The second kappa shape index (κ2) is 6.57. The number of carbonyl (C=O) groups excluding carboxylic acids is 1.